The Morgan fingerprint density at radius 2 is 1.61 bits per heavy atom. The van der Waals surface area contributed by atoms with Crippen molar-refractivity contribution in [3.8, 4) is 11.5 Å². The zero-order valence-electron chi connectivity index (χ0n) is 17.3. The van der Waals surface area contributed by atoms with Crippen molar-refractivity contribution in [3.05, 3.63) is 100 Å². The molecule has 0 aliphatic rings. The number of H-pyrrole nitrogens is 1. The largest absolute Gasteiger partial charge is 0.497 e. The third-order valence-corrected chi connectivity index (χ3v) is 5.11. The van der Waals surface area contributed by atoms with E-state index in [4.69, 9.17) is 9.47 Å². The lowest BCUT2D eigenvalue weighted by atomic mass is 10.1. The fraction of sp³-hybridized carbons (Fsp3) is 0.120. The van der Waals surface area contributed by atoms with Crippen molar-refractivity contribution in [1.29, 1.82) is 0 Å². The van der Waals surface area contributed by atoms with Crippen molar-refractivity contribution in [3.63, 3.8) is 0 Å². The van der Waals surface area contributed by atoms with Crippen LogP contribution in [0.3, 0.4) is 0 Å². The molecule has 1 aromatic heterocycles. The number of aromatic nitrogens is 1. The summed E-state index contributed by atoms with van der Waals surface area (Å²) in [6, 6.07) is 23.5. The van der Waals surface area contributed by atoms with Gasteiger partial charge in [-0.15, -0.1) is 0 Å². The number of rotatable bonds is 6. The summed E-state index contributed by atoms with van der Waals surface area (Å²) in [7, 11) is 3.15. The third-order valence-electron chi connectivity index (χ3n) is 5.11. The topological polar surface area (TPSA) is 71.6 Å². The minimum atomic E-state index is -0.233. The van der Waals surface area contributed by atoms with Gasteiger partial charge in [0.15, 0.2) is 0 Å². The van der Waals surface area contributed by atoms with Gasteiger partial charge in [0, 0.05) is 28.4 Å². The summed E-state index contributed by atoms with van der Waals surface area (Å²) in [6.45, 7) is 0.109. The highest BCUT2D eigenvalue weighted by molar-refractivity contribution is 6.06. The van der Waals surface area contributed by atoms with Gasteiger partial charge in [0.25, 0.3) is 11.5 Å². The Bertz CT molecular complexity index is 1280. The molecule has 0 aliphatic heterocycles. The van der Waals surface area contributed by atoms with Crippen molar-refractivity contribution in [1.82, 2.24) is 4.98 Å². The first-order chi connectivity index (χ1) is 15.1. The number of hydrogen-bond acceptors (Lipinski definition) is 4. The number of carbonyl (C=O) groups is 1. The second-order valence-electron chi connectivity index (χ2n) is 7.03. The van der Waals surface area contributed by atoms with Crippen molar-refractivity contribution >= 4 is 22.5 Å². The number of hydrogen-bond donors (Lipinski definition) is 1. The van der Waals surface area contributed by atoms with Crippen molar-refractivity contribution in [2.24, 2.45) is 0 Å². The Morgan fingerprint density at radius 1 is 0.871 bits per heavy atom. The standard InChI is InChI=1S/C25H22N2O4/c1-30-21-12-10-17(11-13-21)25(29)27(20-7-5-8-22(15-20)31-2)16-19-14-18-6-3-4-9-23(18)26-24(19)28/h3-15H,16H2,1-2H3,(H,26,28). The van der Waals surface area contributed by atoms with Crippen LogP contribution in [0.25, 0.3) is 10.9 Å². The molecule has 0 aliphatic carbocycles. The average molecular weight is 414 g/mol. The van der Waals surface area contributed by atoms with Crippen LogP contribution in [0, 0.1) is 0 Å². The molecule has 6 heteroatoms. The van der Waals surface area contributed by atoms with Gasteiger partial charge in [-0.3, -0.25) is 9.59 Å². The molecule has 3 aromatic carbocycles. The van der Waals surface area contributed by atoms with E-state index in [1.807, 2.05) is 48.5 Å². The Balaban J connectivity index is 1.77. The number of para-hydroxylation sites is 1. The highest BCUT2D eigenvalue weighted by Crippen LogP contribution is 2.25. The molecule has 31 heavy (non-hydrogen) atoms. The van der Waals surface area contributed by atoms with E-state index in [9.17, 15) is 9.59 Å². The van der Waals surface area contributed by atoms with E-state index in [1.165, 1.54) is 0 Å². The molecule has 1 heterocycles. The fourth-order valence-corrected chi connectivity index (χ4v) is 3.43. The first kappa shape index (κ1) is 20.2. The number of fused-ring (bicyclic) bond motifs is 1. The quantitative estimate of drug-likeness (QED) is 0.508. The van der Waals surface area contributed by atoms with Gasteiger partial charge < -0.3 is 19.4 Å². The summed E-state index contributed by atoms with van der Waals surface area (Å²) < 4.78 is 10.5. The summed E-state index contributed by atoms with van der Waals surface area (Å²) in [4.78, 5) is 30.7. The second kappa shape index (κ2) is 8.75. The maximum atomic E-state index is 13.5. The van der Waals surface area contributed by atoms with Gasteiger partial charge in [-0.25, -0.2) is 0 Å². The van der Waals surface area contributed by atoms with Crippen molar-refractivity contribution in [2.45, 2.75) is 6.54 Å². The summed E-state index contributed by atoms with van der Waals surface area (Å²) >= 11 is 0. The molecule has 0 radical (unpaired) electrons. The number of pyridine rings is 1. The zero-order valence-corrected chi connectivity index (χ0v) is 17.3. The molecular formula is C25H22N2O4. The third kappa shape index (κ3) is 4.28. The predicted molar refractivity (Wildman–Crippen MR) is 121 cm³/mol. The predicted octanol–water partition coefficient (Wildman–Crippen LogP) is 4.39. The molecule has 0 unspecified atom stereocenters. The van der Waals surface area contributed by atoms with Gasteiger partial charge in [0.1, 0.15) is 11.5 Å². The number of nitrogens with one attached hydrogen (secondary N) is 1. The van der Waals surface area contributed by atoms with Gasteiger partial charge in [-0.1, -0.05) is 24.3 Å². The van der Waals surface area contributed by atoms with Gasteiger partial charge >= 0.3 is 0 Å². The molecule has 0 saturated carbocycles. The maximum absolute atomic E-state index is 13.5. The minimum absolute atomic E-state index is 0.109. The Kier molecular flexibility index (Phi) is 5.71. The lowest BCUT2D eigenvalue weighted by Gasteiger charge is -2.23. The van der Waals surface area contributed by atoms with E-state index in [2.05, 4.69) is 4.98 Å². The normalized spacial score (nSPS) is 10.6. The maximum Gasteiger partial charge on any atom is 0.258 e. The Morgan fingerprint density at radius 3 is 2.35 bits per heavy atom. The van der Waals surface area contributed by atoms with E-state index >= 15 is 0 Å². The van der Waals surface area contributed by atoms with Crippen LogP contribution in [0.5, 0.6) is 11.5 Å². The van der Waals surface area contributed by atoms with E-state index in [-0.39, 0.29) is 18.0 Å². The summed E-state index contributed by atoms with van der Waals surface area (Å²) in [5.74, 6) is 1.05. The second-order valence-corrected chi connectivity index (χ2v) is 7.03. The zero-order chi connectivity index (χ0) is 21.8. The van der Waals surface area contributed by atoms with E-state index in [0.29, 0.717) is 28.3 Å². The lowest BCUT2D eigenvalue weighted by molar-refractivity contribution is 0.0985. The molecule has 0 fully saturated rings. The minimum Gasteiger partial charge on any atom is -0.497 e. The number of ether oxygens (including phenoxy) is 2. The highest BCUT2D eigenvalue weighted by Gasteiger charge is 2.20. The molecule has 1 amide bonds. The molecule has 4 aromatic rings. The van der Waals surface area contributed by atoms with Crippen LogP contribution in [0.1, 0.15) is 15.9 Å². The summed E-state index contributed by atoms with van der Waals surface area (Å²) in [6.07, 6.45) is 0. The molecule has 0 atom stereocenters. The average Bonchev–Trinajstić information content (AvgIpc) is 2.82. The number of aromatic amines is 1. The smallest absolute Gasteiger partial charge is 0.258 e. The van der Waals surface area contributed by atoms with Crippen LogP contribution < -0.4 is 19.9 Å². The summed E-state index contributed by atoms with van der Waals surface area (Å²) in [5.41, 5.74) is 2.14. The number of anilines is 1. The molecule has 156 valence electrons. The number of amides is 1. The highest BCUT2D eigenvalue weighted by atomic mass is 16.5. The van der Waals surface area contributed by atoms with Crippen molar-refractivity contribution < 1.29 is 14.3 Å². The fourth-order valence-electron chi connectivity index (χ4n) is 3.43. The molecule has 1 N–H and O–H groups in total. The number of nitrogens with zero attached hydrogens (tertiary/aromatic N) is 1. The van der Waals surface area contributed by atoms with Crippen LogP contribution in [0.4, 0.5) is 5.69 Å². The lowest BCUT2D eigenvalue weighted by Crippen LogP contribution is -2.32. The van der Waals surface area contributed by atoms with Crippen LogP contribution >= 0.6 is 0 Å². The van der Waals surface area contributed by atoms with Gasteiger partial charge in [0.2, 0.25) is 0 Å². The number of methoxy groups -OCH3 is 2. The molecule has 0 bridgehead atoms. The molecule has 4 rings (SSSR count). The van der Waals surface area contributed by atoms with Gasteiger partial charge in [-0.2, -0.15) is 0 Å². The molecule has 0 spiro atoms. The monoisotopic (exact) mass is 414 g/mol. The Hall–Kier alpha value is -4.06. The first-order valence-electron chi connectivity index (χ1n) is 9.80. The van der Waals surface area contributed by atoms with Crippen LogP contribution in [-0.4, -0.2) is 25.1 Å². The number of carbonyl (C=O) groups excluding carboxylic acids is 1. The van der Waals surface area contributed by atoms with Crippen LogP contribution in [0.2, 0.25) is 0 Å². The first-order valence-corrected chi connectivity index (χ1v) is 9.80. The van der Waals surface area contributed by atoms with Crippen LogP contribution in [0.15, 0.2) is 83.7 Å². The van der Waals surface area contributed by atoms with E-state index in [0.717, 1.165) is 10.9 Å². The van der Waals surface area contributed by atoms with Gasteiger partial charge in [-0.05, 0) is 53.9 Å². The molecule has 6 nitrogen and oxygen atoms in total. The molecule has 0 saturated heterocycles. The van der Waals surface area contributed by atoms with E-state index < -0.39 is 0 Å². The summed E-state index contributed by atoms with van der Waals surface area (Å²) in [5, 5.41) is 0.902. The Labute approximate surface area is 179 Å². The SMILES string of the molecule is COc1ccc(C(=O)N(Cc2cc3ccccc3[nH]c2=O)c2cccc(OC)c2)cc1. The van der Waals surface area contributed by atoms with Crippen molar-refractivity contribution in [2.75, 3.05) is 19.1 Å². The van der Waals surface area contributed by atoms with E-state index in [1.54, 1.807) is 49.5 Å². The number of benzene rings is 3. The van der Waals surface area contributed by atoms with Gasteiger partial charge in [0.05, 0.1) is 20.8 Å². The molecular weight excluding hydrogens is 392 g/mol. The van der Waals surface area contributed by atoms with Crippen LogP contribution in [-0.2, 0) is 6.54 Å².